The van der Waals surface area contributed by atoms with E-state index in [1.165, 1.54) is 12.0 Å². The van der Waals surface area contributed by atoms with Gasteiger partial charge >= 0.3 is 0 Å². The fraction of sp³-hybridized carbons (Fsp3) is 0.647. The van der Waals surface area contributed by atoms with Crippen LogP contribution in [0.15, 0.2) is 24.3 Å². The van der Waals surface area contributed by atoms with E-state index in [2.05, 4.69) is 37.9 Å². The van der Waals surface area contributed by atoms with Crippen LogP contribution < -0.4 is 4.74 Å². The highest BCUT2D eigenvalue weighted by Crippen LogP contribution is 2.28. The summed E-state index contributed by atoms with van der Waals surface area (Å²) < 4.78 is 10.5. The lowest BCUT2D eigenvalue weighted by Crippen LogP contribution is -2.49. The molecule has 0 saturated carbocycles. The maximum Gasteiger partial charge on any atom is 0.118 e. The Morgan fingerprint density at radius 1 is 1.30 bits per heavy atom. The van der Waals surface area contributed by atoms with E-state index < -0.39 is 0 Å². The Balaban J connectivity index is 1.77. The van der Waals surface area contributed by atoms with Crippen LogP contribution in [0.4, 0.5) is 0 Å². The molecular formula is C17H27NO2. The third kappa shape index (κ3) is 3.97. The molecule has 0 bridgehead atoms. The molecule has 1 aromatic rings. The third-order valence-corrected chi connectivity index (χ3v) is 4.29. The van der Waals surface area contributed by atoms with Crippen molar-refractivity contribution in [1.82, 2.24) is 4.90 Å². The molecule has 2 rings (SSSR count). The van der Waals surface area contributed by atoms with Gasteiger partial charge in [-0.2, -0.15) is 0 Å². The average molecular weight is 277 g/mol. The lowest BCUT2D eigenvalue weighted by Gasteiger charge is -2.42. The molecule has 1 saturated heterocycles. The van der Waals surface area contributed by atoms with Crippen LogP contribution in [-0.2, 0) is 11.2 Å². The van der Waals surface area contributed by atoms with E-state index in [1.54, 1.807) is 7.11 Å². The molecule has 3 heteroatoms. The maximum absolute atomic E-state index is 5.33. The number of aryl methyl sites for hydroxylation is 1. The highest BCUT2D eigenvalue weighted by atomic mass is 16.5. The Hall–Kier alpha value is -1.06. The van der Waals surface area contributed by atoms with Crippen molar-refractivity contribution in [2.75, 3.05) is 33.9 Å². The number of benzene rings is 1. The molecule has 0 radical (unpaired) electrons. The minimum absolute atomic E-state index is 0.364. The molecule has 1 aliphatic heterocycles. The van der Waals surface area contributed by atoms with Crippen molar-refractivity contribution in [3.63, 3.8) is 0 Å². The van der Waals surface area contributed by atoms with Gasteiger partial charge in [0.25, 0.3) is 0 Å². The molecule has 0 N–H and O–H groups in total. The minimum Gasteiger partial charge on any atom is -0.497 e. The number of nitrogens with zero attached hydrogens (tertiary/aromatic N) is 1. The van der Waals surface area contributed by atoms with Crippen LogP contribution in [0.1, 0.15) is 25.8 Å². The van der Waals surface area contributed by atoms with Crippen molar-refractivity contribution in [2.45, 2.75) is 32.7 Å². The molecular weight excluding hydrogens is 250 g/mol. The van der Waals surface area contributed by atoms with E-state index in [0.29, 0.717) is 11.5 Å². The quantitative estimate of drug-likeness (QED) is 0.765. The van der Waals surface area contributed by atoms with Gasteiger partial charge in [0, 0.05) is 18.0 Å². The Kier molecular flexibility index (Phi) is 5.06. The second kappa shape index (κ2) is 6.59. The molecule has 0 amide bonds. The van der Waals surface area contributed by atoms with Crippen LogP contribution in [0.5, 0.6) is 5.75 Å². The van der Waals surface area contributed by atoms with Gasteiger partial charge in [0.2, 0.25) is 0 Å². The topological polar surface area (TPSA) is 21.7 Å². The fourth-order valence-corrected chi connectivity index (χ4v) is 2.69. The molecule has 0 aliphatic carbocycles. The van der Waals surface area contributed by atoms with Gasteiger partial charge in [-0.1, -0.05) is 19.1 Å². The minimum atomic E-state index is 0.364. The second-order valence-corrected chi connectivity index (χ2v) is 6.45. The predicted octanol–water partition coefficient (Wildman–Crippen LogP) is 2.98. The summed E-state index contributed by atoms with van der Waals surface area (Å²) in [7, 11) is 3.93. The van der Waals surface area contributed by atoms with Crippen LogP contribution in [0.25, 0.3) is 0 Å². The van der Waals surface area contributed by atoms with Crippen molar-refractivity contribution in [2.24, 2.45) is 5.41 Å². The summed E-state index contributed by atoms with van der Waals surface area (Å²) in [4.78, 5) is 2.46. The summed E-state index contributed by atoms with van der Waals surface area (Å²) >= 11 is 0. The van der Waals surface area contributed by atoms with Crippen molar-refractivity contribution in [3.8, 4) is 5.75 Å². The van der Waals surface area contributed by atoms with Crippen LogP contribution in [-0.4, -0.2) is 44.9 Å². The predicted molar refractivity (Wildman–Crippen MR) is 82.3 cm³/mol. The number of hydrogen-bond donors (Lipinski definition) is 0. The van der Waals surface area contributed by atoms with E-state index in [0.717, 1.165) is 31.9 Å². The van der Waals surface area contributed by atoms with Crippen LogP contribution in [0.2, 0.25) is 0 Å². The lowest BCUT2D eigenvalue weighted by atomic mass is 9.87. The average Bonchev–Trinajstić information content (AvgIpc) is 2.43. The van der Waals surface area contributed by atoms with Gasteiger partial charge < -0.3 is 14.4 Å². The molecule has 3 nitrogen and oxygen atoms in total. The summed E-state index contributed by atoms with van der Waals surface area (Å²) in [5.74, 6) is 0.928. The summed E-state index contributed by atoms with van der Waals surface area (Å²) in [6.07, 6.45) is 2.29. The first-order valence-corrected chi connectivity index (χ1v) is 7.43. The zero-order valence-corrected chi connectivity index (χ0v) is 13.2. The fourth-order valence-electron chi connectivity index (χ4n) is 2.69. The number of rotatable bonds is 7. The lowest BCUT2D eigenvalue weighted by molar-refractivity contribution is -0.115. The molecule has 20 heavy (non-hydrogen) atoms. The van der Waals surface area contributed by atoms with E-state index in [1.807, 2.05) is 12.1 Å². The summed E-state index contributed by atoms with van der Waals surface area (Å²) in [5, 5.41) is 0. The Morgan fingerprint density at radius 2 is 1.95 bits per heavy atom. The number of methoxy groups -OCH3 is 1. The van der Waals surface area contributed by atoms with Crippen LogP contribution in [0.3, 0.4) is 0 Å². The van der Waals surface area contributed by atoms with Gasteiger partial charge in [-0.3, -0.25) is 0 Å². The largest absolute Gasteiger partial charge is 0.497 e. The molecule has 1 aromatic carbocycles. The summed E-state index contributed by atoms with van der Waals surface area (Å²) in [5.41, 5.74) is 1.74. The van der Waals surface area contributed by atoms with Gasteiger partial charge in [0.15, 0.2) is 0 Å². The van der Waals surface area contributed by atoms with Crippen molar-refractivity contribution >= 4 is 0 Å². The van der Waals surface area contributed by atoms with Crippen molar-refractivity contribution in [3.05, 3.63) is 29.8 Å². The highest BCUT2D eigenvalue weighted by molar-refractivity contribution is 5.27. The first-order valence-electron chi connectivity index (χ1n) is 7.43. The summed E-state index contributed by atoms with van der Waals surface area (Å²) in [6.45, 7) is 7.55. The van der Waals surface area contributed by atoms with Crippen LogP contribution in [0, 0.1) is 5.41 Å². The third-order valence-electron chi connectivity index (χ3n) is 4.29. The molecule has 0 spiro atoms. The summed E-state index contributed by atoms with van der Waals surface area (Å²) in [6, 6.07) is 8.99. The normalized spacial score (nSPS) is 18.6. The van der Waals surface area contributed by atoms with E-state index in [9.17, 15) is 0 Å². The Morgan fingerprint density at radius 3 is 2.45 bits per heavy atom. The van der Waals surface area contributed by atoms with E-state index in [4.69, 9.17) is 9.47 Å². The van der Waals surface area contributed by atoms with Crippen molar-refractivity contribution in [1.29, 1.82) is 0 Å². The van der Waals surface area contributed by atoms with Gasteiger partial charge in [-0.05, 0) is 44.5 Å². The van der Waals surface area contributed by atoms with Gasteiger partial charge in [0.1, 0.15) is 5.75 Å². The Bertz CT molecular complexity index is 412. The first kappa shape index (κ1) is 15.3. The van der Waals surface area contributed by atoms with E-state index in [-0.39, 0.29) is 0 Å². The molecule has 1 atom stereocenters. The van der Waals surface area contributed by atoms with Gasteiger partial charge in [-0.15, -0.1) is 0 Å². The second-order valence-electron chi connectivity index (χ2n) is 6.45. The van der Waals surface area contributed by atoms with E-state index >= 15 is 0 Å². The van der Waals surface area contributed by atoms with Crippen molar-refractivity contribution < 1.29 is 9.47 Å². The molecule has 1 unspecified atom stereocenters. The highest BCUT2D eigenvalue weighted by Gasteiger charge is 2.35. The zero-order valence-electron chi connectivity index (χ0n) is 13.2. The zero-order chi connectivity index (χ0) is 14.6. The monoisotopic (exact) mass is 277 g/mol. The number of hydrogen-bond acceptors (Lipinski definition) is 3. The number of ether oxygens (including phenoxy) is 2. The standard InChI is InChI=1S/C17H27NO2/c1-14(18(3)11-17(2)12-20-13-17)5-6-15-7-9-16(19-4)10-8-15/h7-10,14H,5-6,11-13H2,1-4H3. The Labute approximate surface area is 122 Å². The molecule has 1 fully saturated rings. The molecule has 112 valence electrons. The molecule has 0 aromatic heterocycles. The van der Waals surface area contributed by atoms with Gasteiger partial charge in [-0.25, -0.2) is 0 Å². The SMILES string of the molecule is COc1ccc(CCC(C)N(C)CC2(C)COC2)cc1. The molecule has 1 heterocycles. The smallest absolute Gasteiger partial charge is 0.118 e. The maximum atomic E-state index is 5.33. The van der Waals surface area contributed by atoms with Crippen LogP contribution >= 0.6 is 0 Å². The first-order chi connectivity index (χ1) is 9.52. The molecule has 1 aliphatic rings. The van der Waals surface area contributed by atoms with Gasteiger partial charge in [0.05, 0.1) is 20.3 Å².